The van der Waals surface area contributed by atoms with E-state index in [0.717, 1.165) is 24.3 Å². The lowest BCUT2D eigenvalue weighted by molar-refractivity contribution is 0.103. The standard InChI is InChI=1S/C21H26ClN7OS/c1-12-6-5-7-15(22)19(12)29-20(30)16-11-24-21(31-16)28-18-10-17(26-14(3)27-18)25-13(2)8-9-23-4/h5-7,10-11,13,23H,8-9H2,1-4H3,(H,29,30)(H2,24,25,26,27,28). The Kier molecular flexibility index (Phi) is 7.78. The molecule has 3 rings (SSSR count). The molecule has 0 aliphatic heterocycles. The van der Waals surface area contributed by atoms with Gasteiger partial charge in [-0.25, -0.2) is 15.0 Å². The molecule has 2 heterocycles. The van der Waals surface area contributed by atoms with Gasteiger partial charge in [0.05, 0.1) is 16.9 Å². The zero-order chi connectivity index (χ0) is 22.4. The van der Waals surface area contributed by atoms with Gasteiger partial charge >= 0.3 is 0 Å². The number of benzene rings is 1. The summed E-state index contributed by atoms with van der Waals surface area (Å²) in [6.45, 7) is 6.75. The largest absolute Gasteiger partial charge is 0.367 e. The van der Waals surface area contributed by atoms with Gasteiger partial charge in [-0.15, -0.1) is 0 Å². The normalized spacial score (nSPS) is 11.8. The minimum absolute atomic E-state index is 0.262. The van der Waals surface area contributed by atoms with E-state index >= 15 is 0 Å². The second-order valence-corrected chi connectivity index (χ2v) is 8.60. The van der Waals surface area contributed by atoms with Crippen molar-refractivity contribution in [1.82, 2.24) is 20.3 Å². The summed E-state index contributed by atoms with van der Waals surface area (Å²) in [5.74, 6) is 1.72. The van der Waals surface area contributed by atoms with Crippen LogP contribution in [0.1, 0.15) is 34.4 Å². The zero-order valence-electron chi connectivity index (χ0n) is 17.9. The van der Waals surface area contributed by atoms with E-state index in [1.807, 2.05) is 39.1 Å². The number of aryl methyl sites for hydroxylation is 2. The van der Waals surface area contributed by atoms with Crippen LogP contribution in [0.25, 0.3) is 0 Å². The Bertz CT molecular complexity index is 1040. The molecule has 4 N–H and O–H groups in total. The van der Waals surface area contributed by atoms with Gasteiger partial charge in [0.25, 0.3) is 5.91 Å². The average molecular weight is 460 g/mol. The number of aromatic nitrogens is 3. The van der Waals surface area contributed by atoms with Gasteiger partial charge in [-0.2, -0.15) is 0 Å². The number of nitrogens with one attached hydrogen (secondary N) is 4. The van der Waals surface area contributed by atoms with E-state index in [4.69, 9.17) is 11.6 Å². The molecule has 8 nitrogen and oxygen atoms in total. The van der Waals surface area contributed by atoms with Crippen molar-refractivity contribution in [2.45, 2.75) is 33.2 Å². The number of rotatable bonds is 9. The topological polar surface area (TPSA) is 104 Å². The first-order chi connectivity index (χ1) is 14.9. The zero-order valence-corrected chi connectivity index (χ0v) is 19.5. The van der Waals surface area contributed by atoms with Gasteiger partial charge in [0.15, 0.2) is 5.13 Å². The van der Waals surface area contributed by atoms with Crippen LogP contribution in [0.5, 0.6) is 0 Å². The Morgan fingerprint density at radius 1 is 1.23 bits per heavy atom. The third kappa shape index (κ3) is 6.36. The highest BCUT2D eigenvalue weighted by Gasteiger charge is 2.15. The summed E-state index contributed by atoms with van der Waals surface area (Å²) in [6.07, 6.45) is 2.50. The molecule has 1 atom stereocenters. The molecule has 0 aliphatic rings. The fourth-order valence-electron chi connectivity index (χ4n) is 2.90. The molecule has 2 aromatic heterocycles. The van der Waals surface area contributed by atoms with Gasteiger partial charge in [-0.05, 0) is 52.4 Å². The summed E-state index contributed by atoms with van der Waals surface area (Å²) < 4.78 is 0. The molecule has 1 amide bonds. The maximum Gasteiger partial charge on any atom is 0.267 e. The number of para-hydroxylation sites is 1. The van der Waals surface area contributed by atoms with Crippen LogP contribution in [0.15, 0.2) is 30.5 Å². The highest BCUT2D eigenvalue weighted by atomic mass is 35.5. The molecule has 0 aliphatic carbocycles. The predicted octanol–water partition coefficient (Wildman–Crippen LogP) is 4.61. The van der Waals surface area contributed by atoms with Crippen LogP contribution >= 0.6 is 22.9 Å². The lowest BCUT2D eigenvalue weighted by Crippen LogP contribution is -2.22. The minimum atomic E-state index is -0.263. The molecule has 164 valence electrons. The fourth-order valence-corrected chi connectivity index (χ4v) is 3.89. The second kappa shape index (κ2) is 10.5. The summed E-state index contributed by atoms with van der Waals surface area (Å²) in [5.41, 5.74) is 1.50. The van der Waals surface area contributed by atoms with E-state index in [1.54, 1.807) is 6.07 Å². The molecule has 0 saturated carbocycles. The van der Waals surface area contributed by atoms with Gasteiger partial charge in [-0.3, -0.25) is 4.79 Å². The highest BCUT2D eigenvalue weighted by molar-refractivity contribution is 7.17. The monoisotopic (exact) mass is 459 g/mol. The summed E-state index contributed by atoms with van der Waals surface area (Å²) in [6, 6.07) is 7.57. The summed E-state index contributed by atoms with van der Waals surface area (Å²) in [7, 11) is 1.93. The second-order valence-electron chi connectivity index (χ2n) is 7.16. The molecule has 1 unspecified atom stereocenters. The molecule has 3 aromatic rings. The molecular formula is C21H26ClN7OS. The van der Waals surface area contributed by atoms with Crippen LogP contribution in [-0.2, 0) is 0 Å². The quantitative estimate of drug-likeness (QED) is 0.370. The van der Waals surface area contributed by atoms with Gasteiger partial charge in [0.2, 0.25) is 0 Å². The molecule has 0 saturated heterocycles. The third-order valence-corrected chi connectivity index (χ3v) is 5.71. The molecule has 1 aromatic carbocycles. The number of hydrogen-bond acceptors (Lipinski definition) is 8. The van der Waals surface area contributed by atoms with E-state index in [1.165, 1.54) is 17.5 Å². The van der Waals surface area contributed by atoms with Gasteiger partial charge in [-0.1, -0.05) is 35.1 Å². The van der Waals surface area contributed by atoms with Crippen molar-refractivity contribution in [3.8, 4) is 0 Å². The van der Waals surface area contributed by atoms with Crippen molar-refractivity contribution in [1.29, 1.82) is 0 Å². The van der Waals surface area contributed by atoms with E-state index in [9.17, 15) is 4.79 Å². The average Bonchev–Trinajstić information content (AvgIpc) is 3.17. The van der Waals surface area contributed by atoms with E-state index in [2.05, 4.69) is 43.1 Å². The molecule has 0 radical (unpaired) electrons. The van der Waals surface area contributed by atoms with Gasteiger partial charge < -0.3 is 21.3 Å². The van der Waals surface area contributed by atoms with Crippen molar-refractivity contribution < 1.29 is 4.79 Å². The van der Waals surface area contributed by atoms with Crippen LogP contribution in [-0.4, -0.2) is 40.5 Å². The minimum Gasteiger partial charge on any atom is -0.367 e. The van der Waals surface area contributed by atoms with Crippen LogP contribution in [0.2, 0.25) is 5.02 Å². The lowest BCUT2D eigenvalue weighted by Gasteiger charge is -2.15. The molecule has 0 bridgehead atoms. The summed E-state index contributed by atoms with van der Waals surface area (Å²) in [5, 5.41) is 13.6. The van der Waals surface area contributed by atoms with Crippen LogP contribution in [0.4, 0.5) is 22.5 Å². The predicted molar refractivity (Wildman–Crippen MR) is 128 cm³/mol. The third-order valence-electron chi connectivity index (χ3n) is 4.48. The number of hydrogen-bond donors (Lipinski definition) is 4. The number of carbonyl (C=O) groups excluding carboxylic acids is 1. The lowest BCUT2D eigenvalue weighted by atomic mass is 10.2. The Morgan fingerprint density at radius 2 is 2.00 bits per heavy atom. The van der Waals surface area contributed by atoms with Gasteiger partial charge in [0, 0.05) is 12.1 Å². The number of nitrogens with zero attached hydrogens (tertiary/aromatic N) is 3. The van der Waals surface area contributed by atoms with Crippen LogP contribution in [0.3, 0.4) is 0 Å². The number of anilines is 4. The maximum atomic E-state index is 12.6. The first kappa shape index (κ1) is 22.9. The van der Waals surface area contributed by atoms with Crippen LogP contribution in [0, 0.1) is 13.8 Å². The molecule has 31 heavy (non-hydrogen) atoms. The Morgan fingerprint density at radius 3 is 2.74 bits per heavy atom. The molecule has 0 spiro atoms. The van der Waals surface area contributed by atoms with Crippen LogP contribution < -0.4 is 21.3 Å². The molecule has 0 fully saturated rings. The fraction of sp³-hybridized carbons (Fsp3) is 0.333. The van der Waals surface area contributed by atoms with Crippen molar-refractivity contribution >= 4 is 51.3 Å². The number of thiazole rings is 1. The Labute approximate surface area is 190 Å². The Balaban J connectivity index is 1.68. The first-order valence-corrected chi connectivity index (χ1v) is 11.1. The van der Waals surface area contributed by atoms with Crippen molar-refractivity contribution in [2.75, 3.05) is 29.5 Å². The number of carbonyl (C=O) groups is 1. The van der Waals surface area contributed by atoms with Crippen molar-refractivity contribution in [2.24, 2.45) is 0 Å². The summed E-state index contributed by atoms with van der Waals surface area (Å²) >= 11 is 7.44. The number of amides is 1. The first-order valence-electron chi connectivity index (χ1n) is 9.92. The van der Waals surface area contributed by atoms with E-state index < -0.39 is 0 Å². The maximum absolute atomic E-state index is 12.6. The van der Waals surface area contributed by atoms with Crippen molar-refractivity contribution in [3.63, 3.8) is 0 Å². The van der Waals surface area contributed by atoms with Crippen molar-refractivity contribution in [3.05, 3.63) is 51.7 Å². The van der Waals surface area contributed by atoms with E-state index in [-0.39, 0.29) is 11.9 Å². The molecule has 10 heteroatoms. The number of halogens is 1. The SMILES string of the molecule is CNCCC(C)Nc1cc(Nc2ncc(C(=O)Nc3c(C)cccc3Cl)s2)nc(C)n1. The Hall–Kier alpha value is -2.75. The highest BCUT2D eigenvalue weighted by Crippen LogP contribution is 2.28. The molecular weight excluding hydrogens is 434 g/mol. The van der Waals surface area contributed by atoms with E-state index in [0.29, 0.717) is 32.4 Å². The summed E-state index contributed by atoms with van der Waals surface area (Å²) in [4.78, 5) is 26.3. The smallest absolute Gasteiger partial charge is 0.267 e. The van der Waals surface area contributed by atoms with Gasteiger partial charge in [0.1, 0.15) is 22.3 Å².